The molecule has 0 radical (unpaired) electrons. The molecule has 1 aliphatic rings. The van der Waals surface area contributed by atoms with Gasteiger partial charge in [0.25, 0.3) is 5.69 Å². The van der Waals surface area contributed by atoms with Crippen LogP contribution in [0.2, 0.25) is 0 Å². The first-order valence-electron chi connectivity index (χ1n) is 5.86. The second-order valence-corrected chi connectivity index (χ2v) is 4.28. The maximum Gasteiger partial charge on any atom is 0.293 e. The molecule has 1 unspecified atom stereocenters. The van der Waals surface area contributed by atoms with E-state index in [4.69, 9.17) is 0 Å². The van der Waals surface area contributed by atoms with E-state index in [0.717, 1.165) is 19.3 Å². The summed E-state index contributed by atoms with van der Waals surface area (Å²) in [4.78, 5) is 21.1. The highest BCUT2D eigenvalue weighted by Gasteiger charge is 2.18. The number of hydrogen-bond acceptors (Lipinski definition) is 4. The molecule has 18 heavy (non-hydrogen) atoms. The molecule has 5 heteroatoms. The first-order chi connectivity index (χ1) is 8.70. The molecule has 1 aromatic rings. The van der Waals surface area contributed by atoms with Gasteiger partial charge in [0.1, 0.15) is 12.0 Å². The summed E-state index contributed by atoms with van der Waals surface area (Å²) in [7, 11) is 0. The second-order valence-electron chi connectivity index (χ2n) is 4.28. The molecule has 0 saturated carbocycles. The number of rotatable bonds is 4. The predicted molar refractivity (Wildman–Crippen MR) is 68.9 cm³/mol. The third-order valence-corrected chi connectivity index (χ3v) is 2.98. The minimum absolute atomic E-state index is 0.0471. The van der Waals surface area contributed by atoms with Crippen molar-refractivity contribution in [2.75, 3.05) is 5.32 Å². The van der Waals surface area contributed by atoms with Crippen LogP contribution in [0, 0.1) is 10.1 Å². The molecule has 0 aromatic heterocycles. The monoisotopic (exact) mass is 246 g/mol. The number of nitro benzene ring substituents is 1. The van der Waals surface area contributed by atoms with E-state index < -0.39 is 4.92 Å². The van der Waals surface area contributed by atoms with Gasteiger partial charge >= 0.3 is 0 Å². The molecule has 1 aromatic carbocycles. The average Bonchev–Trinajstić information content (AvgIpc) is 2.40. The number of nitrogens with one attached hydrogen (secondary N) is 1. The molecule has 0 bridgehead atoms. The Hall–Kier alpha value is -2.17. The van der Waals surface area contributed by atoms with Crippen LogP contribution < -0.4 is 5.32 Å². The van der Waals surface area contributed by atoms with Crippen LogP contribution in [-0.2, 0) is 0 Å². The number of carbonyl (C=O) groups is 1. The van der Waals surface area contributed by atoms with Crippen molar-refractivity contribution in [1.29, 1.82) is 0 Å². The first-order valence-corrected chi connectivity index (χ1v) is 5.86. The lowest BCUT2D eigenvalue weighted by Crippen LogP contribution is -2.20. The smallest absolute Gasteiger partial charge is 0.293 e. The van der Waals surface area contributed by atoms with Crippen molar-refractivity contribution in [3.63, 3.8) is 0 Å². The fourth-order valence-electron chi connectivity index (χ4n) is 2.04. The molecule has 94 valence electrons. The molecule has 2 rings (SSSR count). The topological polar surface area (TPSA) is 72.2 Å². The van der Waals surface area contributed by atoms with E-state index >= 15 is 0 Å². The lowest BCUT2D eigenvalue weighted by Gasteiger charge is -2.20. The number of aldehydes is 1. The van der Waals surface area contributed by atoms with E-state index in [1.165, 1.54) is 6.07 Å². The second kappa shape index (κ2) is 5.44. The van der Waals surface area contributed by atoms with Gasteiger partial charge < -0.3 is 5.32 Å². The average molecular weight is 246 g/mol. The summed E-state index contributed by atoms with van der Waals surface area (Å²) in [6.45, 7) is 0. The standard InChI is InChI=1S/C13H14N2O3/c16-9-10-6-7-12(13(8-10)15(17)18)14-11-4-2-1-3-5-11/h1-2,6-9,11,14H,3-5H2. The van der Waals surface area contributed by atoms with Crippen molar-refractivity contribution in [3.8, 4) is 0 Å². The fraction of sp³-hybridized carbons (Fsp3) is 0.308. The Kier molecular flexibility index (Phi) is 3.72. The van der Waals surface area contributed by atoms with Crippen molar-refractivity contribution in [2.24, 2.45) is 0 Å². The molecule has 0 heterocycles. The lowest BCUT2D eigenvalue weighted by molar-refractivity contribution is -0.384. The van der Waals surface area contributed by atoms with E-state index in [-0.39, 0.29) is 11.7 Å². The van der Waals surface area contributed by atoms with E-state index in [2.05, 4.69) is 17.5 Å². The zero-order valence-corrected chi connectivity index (χ0v) is 9.83. The zero-order chi connectivity index (χ0) is 13.0. The van der Waals surface area contributed by atoms with Gasteiger partial charge in [0.15, 0.2) is 0 Å². The maximum absolute atomic E-state index is 11.0. The summed E-state index contributed by atoms with van der Waals surface area (Å²) in [6, 6.07) is 4.70. The number of carbonyl (C=O) groups excluding carboxylic acids is 1. The highest BCUT2D eigenvalue weighted by molar-refractivity contribution is 5.79. The van der Waals surface area contributed by atoms with Crippen LogP contribution in [0.15, 0.2) is 30.4 Å². The van der Waals surface area contributed by atoms with Gasteiger partial charge in [-0.2, -0.15) is 0 Å². The van der Waals surface area contributed by atoms with E-state index in [1.54, 1.807) is 12.1 Å². The normalized spacial score (nSPS) is 18.3. The van der Waals surface area contributed by atoms with Crippen molar-refractivity contribution in [2.45, 2.75) is 25.3 Å². The van der Waals surface area contributed by atoms with Crippen LogP contribution in [0.25, 0.3) is 0 Å². The van der Waals surface area contributed by atoms with Gasteiger partial charge in [-0.1, -0.05) is 12.2 Å². The fourth-order valence-corrected chi connectivity index (χ4v) is 2.04. The summed E-state index contributed by atoms with van der Waals surface area (Å²) in [5, 5.41) is 14.1. The highest BCUT2D eigenvalue weighted by atomic mass is 16.6. The number of nitrogens with zero attached hydrogens (tertiary/aromatic N) is 1. The van der Waals surface area contributed by atoms with Gasteiger partial charge in [-0.05, 0) is 31.4 Å². The van der Waals surface area contributed by atoms with Crippen LogP contribution in [0.3, 0.4) is 0 Å². The van der Waals surface area contributed by atoms with Crippen molar-refractivity contribution in [3.05, 3.63) is 46.0 Å². The molecule has 1 aliphatic carbocycles. The number of nitro groups is 1. The Morgan fingerprint density at radius 2 is 2.22 bits per heavy atom. The van der Waals surface area contributed by atoms with Crippen molar-refractivity contribution < 1.29 is 9.72 Å². The molecular weight excluding hydrogens is 232 g/mol. The van der Waals surface area contributed by atoms with E-state index in [0.29, 0.717) is 17.5 Å². The number of benzene rings is 1. The zero-order valence-electron chi connectivity index (χ0n) is 9.83. The van der Waals surface area contributed by atoms with Crippen molar-refractivity contribution >= 4 is 17.7 Å². The van der Waals surface area contributed by atoms with Gasteiger partial charge in [-0.25, -0.2) is 0 Å². The Morgan fingerprint density at radius 3 is 2.83 bits per heavy atom. The highest BCUT2D eigenvalue weighted by Crippen LogP contribution is 2.27. The van der Waals surface area contributed by atoms with E-state index in [1.807, 2.05) is 0 Å². The molecule has 0 amide bonds. The minimum atomic E-state index is -0.464. The number of hydrogen-bond donors (Lipinski definition) is 1. The SMILES string of the molecule is O=Cc1ccc(NC2CC=CCC2)c([N+](=O)[O-])c1. The van der Waals surface area contributed by atoms with Crippen LogP contribution >= 0.6 is 0 Å². The van der Waals surface area contributed by atoms with Gasteiger partial charge in [0.05, 0.1) is 4.92 Å². The quantitative estimate of drug-likeness (QED) is 0.383. The molecule has 0 fully saturated rings. The van der Waals surface area contributed by atoms with Crippen LogP contribution in [0.4, 0.5) is 11.4 Å². The Labute approximate surface area is 105 Å². The minimum Gasteiger partial charge on any atom is -0.376 e. The Balaban J connectivity index is 2.23. The number of anilines is 1. The lowest BCUT2D eigenvalue weighted by atomic mass is 10.0. The third-order valence-electron chi connectivity index (χ3n) is 2.98. The van der Waals surface area contributed by atoms with Gasteiger partial charge in [-0.15, -0.1) is 0 Å². The molecule has 1 N–H and O–H groups in total. The molecule has 0 aliphatic heterocycles. The maximum atomic E-state index is 11.0. The van der Waals surface area contributed by atoms with Crippen LogP contribution in [0.5, 0.6) is 0 Å². The Bertz CT molecular complexity index is 497. The predicted octanol–water partition coefficient (Wildman–Crippen LogP) is 2.93. The summed E-state index contributed by atoms with van der Waals surface area (Å²) in [5.74, 6) is 0. The Morgan fingerprint density at radius 1 is 1.39 bits per heavy atom. The molecule has 1 atom stereocenters. The van der Waals surface area contributed by atoms with Gasteiger partial charge in [0.2, 0.25) is 0 Å². The number of allylic oxidation sites excluding steroid dienone is 1. The summed E-state index contributed by atoms with van der Waals surface area (Å²) < 4.78 is 0. The van der Waals surface area contributed by atoms with Crippen LogP contribution in [0.1, 0.15) is 29.6 Å². The largest absolute Gasteiger partial charge is 0.376 e. The first kappa shape index (κ1) is 12.3. The molecule has 0 saturated heterocycles. The van der Waals surface area contributed by atoms with Gasteiger partial charge in [0, 0.05) is 17.7 Å². The summed E-state index contributed by atoms with van der Waals surface area (Å²) >= 11 is 0. The summed E-state index contributed by atoms with van der Waals surface area (Å²) in [5.41, 5.74) is 0.746. The summed E-state index contributed by atoms with van der Waals surface area (Å²) in [6.07, 6.45) is 7.61. The third kappa shape index (κ3) is 2.74. The van der Waals surface area contributed by atoms with E-state index in [9.17, 15) is 14.9 Å². The molecule has 5 nitrogen and oxygen atoms in total. The van der Waals surface area contributed by atoms with Crippen molar-refractivity contribution in [1.82, 2.24) is 0 Å². The van der Waals surface area contributed by atoms with Crippen LogP contribution in [-0.4, -0.2) is 17.3 Å². The molecular formula is C13H14N2O3. The molecule has 0 spiro atoms. The van der Waals surface area contributed by atoms with Gasteiger partial charge in [-0.3, -0.25) is 14.9 Å².